The van der Waals surface area contributed by atoms with E-state index in [0.717, 1.165) is 45.0 Å². The highest BCUT2D eigenvalue weighted by molar-refractivity contribution is 7.88. The molecule has 0 atom stereocenters. The molecule has 23 heavy (non-hydrogen) atoms. The maximum Gasteiger partial charge on any atom is 0.232 e. The second-order valence-corrected chi connectivity index (χ2v) is 8.24. The minimum atomic E-state index is -3.26. The van der Waals surface area contributed by atoms with Crippen molar-refractivity contribution in [2.75, 3.05) is 45.6 Å². The standard InChI is InChI=1S/C17H30N2O3S/c1-4-16(15-7-8-15)17(5-2)19(23(3,20)21)10-6-9-18-11-13-22-14-12-18/h4-5,15H,6-14H2,1-3H3. The molecule has 0 unspecified atom stereocenters. The van der Waals surface area contributed by atoms with E-state index in [-0.39, 0.29) is 0 Å². The van der Waals surface area contributed by atoms with Crippen LogP contribution in [0.25, 0.3) is 0 Å². The summed E-state index contributed by atoms with van der Waals surface area (Å²) in [4.78, 5) is 2.34. The van der Waals surface area contributed by atoms with E-state index in [1.54, 1.807) is 4.31 Å². The van der Waals surface area contributed by atoms with Gasteiger partial charge >= 0.3 is 0 Å². The van der Waals surface area contributed by atoms with Crippen LogP contribution < -0.4 is 0 Å². The molecule has 0 bridgehead atoms. The lowest BCUT2D eigenvalue weighted by atomic mass is 10.1. The molecule has 1 heterocycles. The van der Waals surface area contributed by atoms with E-state index in [9.17, 15) is 8.42 Å². The molecule has 1 saturated carbocycles. The molecule has 5 nitrogen and oxygen atoms in total. The Labute approximate surface area is 141 Å². The molecule has 1 aliphatic heterocycles. The van der Waals surface area contributed by atoms with E-state index in [2.05, 4.69) is 11.0 Å². The molecule has 2 aliphatic rings. The molecule has 0 N–H and O–H groups in total. The highest BCUT2D eigenvalue weighted by Crippen LogP contribution is 2.41. The maximum absolute atomic E-state index is 12.3. The van der Waals surface area contributed by atoms with Gasteiger partial charge in [0.15, 0.2) is 0 Å². The zero-order valence-electron chi connectivity index (χ0n) is 14.6. The number of sulfonamides is 1. The minimum absolute atomic E-state index is 0.537. The monoisotopic (exact) mass is 342 g/mol. The Morgan fingerprint density at radius 1 is 1.22 bits per heavy atom. The number of morpholine rings is 1. The SMILES string of the molecule is CC=C(C(=CC)N(CCCN1CCOCC1)S(C)(=O)=O)C1CC1. The van der Waals surface area contributed by atoms with Crippen molar-refractivity contribution in [3.8, 4) is 0 Å². The average Bonchev–Trinajstić information content (AvgIpc) is 3.34. The number of rotatable bonds is 8. The van der Waals surface area contributed by atoms with Gasteiger partial charge in [0.25, 0.3) is 0 Å². The fourth-order valence-electron chi connectivity index (χ4n) is 3.17. The van der Waals surface area contributed by atoms with Crippen LogP contribution in [0.15, 0.2) is 23.4 Å². The summed E-state index contributed by atoms with van der Waals surface area (Å²) < 4.78 is 31.6. The topological polar surface area (TPSA) is 49.9 Å². The van der Waals surface area contributed by atoms with Gasteiger partial charge < -0.3 is 4.74 Å². The lowest BCUT2D eigenvalue weighted by molar-refractivity contribution is 0.0371. The van der Waals surface area contributed by atoms with Crippen LogP contribution >= 0.6 is 0 Å². The fourth-order valence-corrected chi connectivity index (χ4v) is 4.20. The predicted molar refractivity (Wildman–Crippen MR) is 93.7 cm³/mol. The second kappa shape index (κ2) is 8.31. The average molecular weight is 343 g/mol. The Morgan fingerprint density at radius 3 is 2.35 bits per heavy atom. The van der Waals surface area contributed by atoms with Crippen LogP contribution in [-0.4, -0.2) is 63.3 Å². The van der Waals surface area contributed by atoms with Gasteiger partial charge in [-0.1, -0.05) is 12.2 Å². The summed E-state index contributed by atoms with van der Waals surface area (Å²) in [6, 6.07) is 0. The first-order chi connectivity index (χ1) is 11.0. The maximum atomic E-state index is 12.3. The number of hydrogen-bond acceptors (Lipinski definition) is 4. The molecule has 2 fully saturated rings. The van der Waals surface area contributed by atoms with Gasteiger partial charge in [-0.15, -0.1) is 0 Å². The highest BCUT2D eigenvalue weighted by atomic mass is 32.2. The van der Waals surface area contributed by atoms with Crippen molar-refractivity contribution < 1.29 is 13.2 Å². The van der Waals surface area contributed by atoms with Gasteiger partial charge in [0.1, 0.15) is 0 Å². The van der Waals surface area contributed by atoms with E-state index in [1.165, 1.54) is 24.7 Å². The molecule has 0 aromatic heterocycles. The Kier molecular flexibility index (Phi) is 6.68. The molecule has 0 amide bonds. The second-order valence-electron chi connectivity index (χ2n) is 6.33. The molecule has 132 valence electrons. The number of allylic oxidation sites excluding steroid dienone is 3. The van der Waals surface area contributed by atoms with Crippen molar-refractivity contribution in [3.63, 3.8) is 0 Å². The van der Waals surface area contributed by atoms with Crippen molar-refractivity contribution in [1.29, 1.82) is 0 Å². The zero-order chi connectivity index (χ0) is 16.9. The predicted octanol–water partition coefficient (Wildman–Crippen LogP) is 2.23. The van der Waals surface area contributed by atoms with Gasteiger partial charge in [-0.2, -0.15) is 0 Å². The van der Waals surface area contributed by atoms with E-state index in [0.29, 0.717) is 12.5 Å². The van der Waals surface area contributed by atoms with Gasteiger partial charge in [0.05, 0.1) is 25.2 Å². The molecule has 6 heteroatoms. The number of ether oxygens (including phenoxy) is 1. The van der Waals surface area contributed by atoms with Crippen LogP contribution in [0.4, 0.5) is 0 Å². The van der Waals surface area contributed by atoms with Crippen molar-refractivity contribution in [2.45, 2.75) is 33.1 Å². The number of hydrogen-bond donors (Lipinski definition) is 0. The zero-order valence-corrected chi connectivity index (χ0v) is 15.4. The Morgan fingerprint density at radius 2 is 1.87 bits per heavy atom. The van der Waals surface area contributed by atoms with Crippen LogP contribution in [0.3, 0.4) is 0 Å². The fraction of sp³-hybridized carbons (Fsp3) is 0.765. The lowest BCUT2D eigenvalue weighted by Crippen LogP contribution is -2.39. The first-order valence-corrected chi connectivity index (χ1v) is 10.4. The first kappa shape index (κ1) is 18.5. The minimum Gasteiger partial charge on any atom is -0.379 e. The van der Waals surface area contributed by atoms with Crippen molar-refractivity contribution in [2.24, 2.45) is 5.92 Å². The molecular formula is C17H30N2O3S. The third-order valence-electron chi connectivity index (χ3n) is 4.51. The summed E-state index contributed by atoms with van der Waals surface area (Å²) in [7, 11) is -3.26. The van der Waals surface area contributed by atoms with E-state index in [4.69, 9.17) is 4.74 Å². The van der Waals surface area contributed by atoms with Gasteiger partial charge in [-0.25, -0.2) is 8.42 Å². The third-order valence-corrected chi connectivity index (χ3v) is 5.69. The van der Waals surface area contributed by atoms with Crippen LogP contribution in [0.5, 0.6) is 0 Å². The van der Waals surface area contributed by atoms with E-state index < -0.39 is 10.0 Å². The molecule has 2 rings (SSSR count). The van der Waals surface area contributed by atoms with Gasteiger partial charge in [-0.3, -0.25) is 9.21 Å². The molecule has 1 saturated heterocycles. The van der Waals surface area contributed by atoms with Crippen LogP contribution in [0.1, 0.15) is 33.1 Å². The highest BCUT2D eigenvalue weighted by Gasteiger charge is 2.31. The van der Waals surface area contributed by atoms with Gasteiger partial charge in [-0.05, 0) is 44.6 Å². The summed E-state index contributed by atoms with van der Waals surface area (Å²) in [5.74, 6) is 0.537. The van der Waals surface area contributed by atoms with E-state index in [1.807, 2.05) is 19.9 Å². The third kappa shape index (κ3) is 5.33. The summed E-state index contributed by atoms with van der Waals surface area (Å²) in [5, 5.41) is 0. The Balaban J connectivity index is 2.01. The largest absolute Gasteiger partial charge is 0.379 e. The number of nitrogens with zero attached hydrogens (tertiary/aromatic N) is 2. The van der Waals surface area contributed by atoms with Crippen molar-refractivity contribution in [3.05, 3.63) is 23.4 Å². The quantitative estimate of drug-likeness (QED) is 0.635. The van der Waals surface area contributed by atoms with E-state index >= 15 is 0 Å². The molecule has 1 aliphatic carbocycles. The molecule has 0 radical (unpaired) electrons. The first-order valence-electron chi connectivity index (χ1n) is 8.58. The molecule has 0 aromatic carbocycles. The van der Waals surface area contributed by atoms with Crippen LogP contribution in [0, 0.1) is 5.92 Å². The summed E-state index contributed by atoms with van der Waals surface area (Å²) in [5.41, 5.74) is 2.06. The van der Waals surface area contributed by atoms with Gasteiger partial charge in [0.2, 0.25) is 10.0 Å². The van der Waals surface area contributed by atoms with Gasteiger partial charge in [0, 0.05) is 26.2 Å². The Hall–Kier alpha value is -0.850. The van der Waals surface area contributed by atoms with Crippen LogP contribution in [0.2, 0.25) is 0 Å². The summed E-state index contributed by atoms with van der Waals surface area (Å²) >= 11 is 0. The van der Waals surface area contributed by atoms with Crippen molar-refractivity contribution in [1.82, 2.24) is 9.21 Å². The summed E-state index contributed by atoms with van der Waals surface area (Å²) in [6.45, 7) is 8.84. The molecular weight excluding hydrogens is 312 g/mol. The van der Waals surface area contributed by atoms with Crippen LogP contribution in [-0.2, 0) is 14.8 Å². The van der Waals surface area contributed by atoms with Crippen molar-refractivity contribution >= 4 is 10.0 Å². The Bertz CT molecular complexity index is 544. The summed E-state index contributed by atoms with van der Waals surface area (Å²) in [6.07, 6.45) is 8.51. The normalized spacial score (nSPS) is 21.5. The smallest absolute Gasteiger partial charge is 0.232 e. The molecule has 0 spiro atoms. The lowest BCUT2D eigenvalue weighted by Gasteiger charge is -2.30. The molecule has 0 aromatic rings.